The maximum atomic E-state index is 8.82. The van der Waals surface area contributed by atoms with Crippen LogP contribution in [0.1, 0.15) is 13.8 Å². The molecule has 0 aromatic rings. The Kier molecular flexibility index (Phi) is 3.42. The molecule has 0 fully saturated rings. The lowest BCUT2D eigenvalue weighted by Gasteiger charge is -2.11. The Morgan fingerprint density at radius 1 is 1.56 bits per heavy atom. The van der Waals surface area contributed by atoms with Crippen molar-refractivity contribution in [3.63, 3.8) is 0 Å². The maximum Gasteiger partial charge on any atom is 0.115 e. The molecule has 0 saturated heterocycles. The van der Waals surface area contributed by atoms with Gasteiger partial charge in [0.1, 0.15) is 6.10 Å². The highest BCUT2D eigenvalue weighted by Crippen LogP contribution is 1.98. The van der Waals surface area contributed by atoms with Crippen molar-refractivity contribution in [2.45, 2.75) is 20.0 Å². The second kappa shape index (κ2) is 3.58. The molecule has 0 aromatic carbocycles. The molecule has 3 nitrogen and oxygen atoms in total. The molecule has 0 radical (unpaired) electrons. The zero-order valence-corrected chi connectivity index (χ0v) is 5.76. The third-order valence-corrected chi connectivity index (χ3v) is 1.15. The average Bonchev–Trinajstić information content (AvgIpc) is 1.84. The van der Waals surface area contributed by atoms with Crippen molar-refractivity contribution in [2.75, 3.05) is 6.61 Å². The Labute approximate surface area is 54.8 Å². The third kappa shape index (κ3) is 2.58. The van der Waals surface area contributed by atoms with Crippen LogP contribution in [0.3, 0.4) is 0 Å². The van der Waals surface area contributed by atoms with Gasteiger partial charge < -0.3 is 15.6 Å². The van der Waals surface area contributed by atoms with E-state index in [1.165, 1.54) is 0 Å². The number of rotatable bonds is 3. The largest absolute Gasteiger partial charge is 0.393 e. The van der Waals surface area contributed by atoms with Gasteiger partial charge in [-0.1, -0.05) is 13.8 Å². The first kappa shape index (κ1) is 8.59. The van der Waals surface area contributed by atoms with Gasteiger partial charge in [-0.2, -0.15) is 0 Å². The summed E-state index contributed by atoms with van der Waals surface area (Å²) in [6.07, 6.45) is -0.968. The monoisotopic (exact) mass is 131 g/mol. The van der Waals surface area contributed by atoms with Gasteiger partial charge in [0, 0.05) is 5.71 Å². The molecule has 54 valence electrons. The molecule has 1 atom stereocenters. The molecule has 0 aliphatic carbocycles. The first-order valence-electron chi connectivity index (χ1n) is 2.96. The number of hydrogen-bond acceptors (Lipinski definition) is 3. The van der Waals surface area contributed by atoms with E-state index < -0.39 is 6.10 Å². The van der Waals surface area contributed by atoms with Crippen LogP contribution in [0.25, 0.3) is 0 Å². The van der Waals surface area contributed by atoms with Gasteiger partial charge in [-0.3, -0.25) is 0 Å². The van der Waals surface area contributed by atoms with Crippen molar-refractivity contribution in [3.8, 4) is 0 Å². The van der Waals surface area contributed by atoms with Crippen LogP contribution in [0.15, 0.2) is 0 Å². The van der Waals surface area contributed by atoms with E-state index in [0.29, 0.717) is 0 Å². The summed E-state index contributed by atoms with van der Waals surface area (Å²) < 4.78 is 0. The van der Waals surface area contributed by atoms with Crippen molar-refractivity contribution in [1.29, 1.82) is 5.41 Å². The minimum Gasteiger partial charge on any atom is -0.393 e. The van der Waals surface area contributed by atoms with Crippen LogP contribution >= 0.6 is 0 Å². The summed E-state index contributed by atoms with van der Waals surface area (Å²) in [4.78, 5) is 0. The highest BCUT2D eigenvalue weighted by molar-refractivity contribution is 5.87. The number of hydrogen-bond donors (Lipinski definition) is 3. The lowest BCUT2D eigenvalue weighted by molar-refractivity contribution is 0.141. The van der Waals surface area contributed by atoms with E-state index in [1.807, 2.05) is 0 Å². The fraction of sp³-hybridized carbons (Fsp3) is 0.833. The van der Waals surface area contributed by atoms with Crippen molar-refractivity contribution >= 4 is 5.71 Å². The van der Waals surface area contributed by atoms with Crippen LogP contribution in [0, 0.1) is 11.3 Å². The summed E-state index contributed by atoms with van der Waals surface area (Å²) in [5.74, 6) is 0.0205. The molecular weight excluding hydrogens is 118 g/mol. The summed E-state index contributed by atoms with van der Waals surface area (Å²) >= 11 is 0. The van der Waals surface area contributed by atoms with Crippen molar-refractivity contribution in [1.82, 2.24) is 0 Å². The Morgan fingerprint density at radius 2 is 2.00 bits per heavy atom. The fourth-order valence-electron chi connectivity index (χ4n) is 0.483. The summed E-state index contributed by atoms with van der Waals surface area (Å²) in [5.41, 5.74) is 0.192. The number of aliphatic hydroxyl groups is 2. The quantitative estimate of drug-likeness (QED) is 0.472. The predicted octanol–water partition coefficient (Wildman–Crippen LogP) is 0.0154. The molecule has 0 amide bonds. The molecular formula is C6H13NO2. The maximum absolute atomic E-state index is 8.82. The molecule has 3 N–H and O–H groups in total. The fourth-order valence-corrected chi connectivity index (χ4v) is 0.483. The standard InChI is InChI=1S/C6H13NO2/c1-4(2)6(7)5(9)3-8/h4-5,7-9H,3H2,1-2H3. The SMILES string of the molecule is CC(C)C(=N)C(O)CO. The molecule has 0 aliphatic rings. The summed E-state index contributed by atoms with van der Waals surface area (Å²) in [5, 5.41) is 24.3. The van der Waals surface area contributed by atoms with Crippen LogP contribution in [0.2, 0.25) is 0 Å². The molecule has 0 heterocycles. The normalized spacial score (nSPS) is 13.9. The Morgan fingerprint density at radius 3 is 2.11 bits per heavy atom. The smallest absolute Gasteiger partial charge is 0.115 e. The minimum absolute atomic E-state index is 0.0205. The topological polar surface area (TPSA) is 64.3 Å². The second-order valence-corrected chi connectivity index (χ2v) is 2.31. The highest BCUT2D eigenvalue weighted by atomic mass is 16.3. The number of aliphatic hydroxyl groups excluding tert-OH is 2. The summed E-state index contributed by atoms with van der Waals surface area (Å²) in [7, 11) is 0. The highest BCUT2D eigenvalue weighted by Gasteiger charge is 2.11. The van der Waals surface area contributed by atoms with E-state index in [4.69, 9.17) is 15.6 Å². The van der Waals surface area contributed by atoms with E-state index in [2.05, 4.69) is 0 Å². The van der Waals surface area contributed by atoms with Crippen LogP contribution in [0.5, 0.6) is 0 Å². The zero-order valence-electron chi connectivity index (χ0n) is 5.76. The van der Waals surface area contributed by atoms with E-state index >= 15 is 0 Å². The molecule has 0 aliphatic heterocycles. The Hall–Kier alpha value is -0.410. The predicted molar refractivity (Wildman–Crippen MR) is 35.7 cm³/mol. The van der Waals surface area contributed by atoms with E-state index in [1.54, 1.807) is 13.8 Å². The van der Waals surface area contributed by atoms with Crippen LogP contribution in [-0.4, -0.2) is 28.6 Å². The Bertz CT molecular complexity index is 101. The van der Waals surface area contributed by atoms with Gasteiger partial charge in [-0.15, -0.1) is 0 Å². The van der Waals surface area contributed by atoms with E-state index in [-0.39, 0.29) is 18.2 Å². The van der Waals surface area contributed by atoms with Gasteiger partial charge in [0.15, 0.2) is 0 Å². The lowest BCUT2D eigenvalue weighted by atomic mass is 10.0. The van der Waals surface area contributed by atoms with Gasteiger partial charge in [0.05, 0.1) is 6.61 Å². The van der Waals surface area contributed by atoms with Crippen LogP contribution in [-0.2, 0) is 0 Å². The van der Waals surface area contributed by atoms with Crippen LogP contribution < -0.4 is 0 Å². The van der Waals surface area contributed by atoms with E-state index in [9.17, 15) is 0 Å². The molecule has 0 aromatic heterocycles. The average molecular weight is 131 g/mol. The molecule has 0 spiro atoms. The van der Waals surface area contributed by atoms with Crippen molar-refractivity contribution in [3.05, 3.63) is 0 Å². The van der Waals surface area contributed by atoms with Crippen molar-refractivity contribution in [2.24, 2.45) is 5.92 Å². The molecule has 0 rings (SSSR count). The molecule has 3 heteroatoms. The first-order chi connectivity index (χ1) is 4.09. The van der Waals surface area contributed by atoms with E-state index in [0.717, 1.165) is 0 Å². The van der Waals surface area contributed by atoms with Crippen LogP contribution in [0.4, 0.5) is 0 Å². The second-order valence-electron chi connectivity index (χ2n) is 2.31. The molecule has 1 unspecified atom stereocenters. The first-order valence-corrected chi connectivity index (χ1v) is 2.96. The zero-order chi connectivity index (χ0) is 7.44. The summed E-state index contributed by atoms with van der Waals surface area (Å²) in [6, 6.07) is 0. The van der Waals surface area contributed by atoms with Gasteiger partial charge in [-0.05, 0) is 5.92 Å². The Balaban J connectivity index is 3.73. The molecule has 0 saturated carbocycles. The third-order valence-electron chi connectivity index (χ3n) is 1.15. The van der Waals surface area contributed by atoms with Gasteiger partial charge >= 0.3 is 0 Å². The number of nitrogens with one attached hydrogen (secondary N) is 1. The van der Waals surface area contributed by atoms with Gasteiger partial charge in [0.2, 0.25) is 0 Å². The molecule has 9 heavy (non-hydrogen) atoms. The van der Waals surface area contributed by atoms with Gasteiger partial charge in [0.25, 0.3) is 0 Å². The molecule has 0 bridgehead atoms. The van der Waals surface area contributed by atoms with Crippen molar-refractivity contribution < 1.29 is 10.2 Å². The summed E-state index contributed by atoms with van der Waals surface area (Å²) in [6.45, 7) is 3.26. The minimum atomic E-state index is -0.968. The lowest BCUT2D eigenvalue weighted by Crippen LogP contribution is -2.27. The van der Waals surface area contributed by atoms with Gasteiger partial charge in [-0.25, -0.2) is 0 Å².